The van der Waals surface area contributed by atoms with Crippen LogP contribution < -0.4 is 0 Å². The van der Waals surface area contributed by atoms with E-state index < -0.39 is 10.8 Å². The van der Waals surface area contributed by atoms with Gasteiger partial charge in [-0.05, 0) is 24.0 Å². The highest BCUT2D eigenvalue weighted by molar-refractivity contribution is 7.85. The molecule has 0 bridgehead atoms. The van der Waals surface area contributed by atoms with Gasteiger partial charge in [0.25, 0.3) is 0 Å². The number of hydrogen-bond donors (Lipinski definition) is 0. The predicted molar refractivity (Wildman–Crippen MR) is 80.9 cm³/mol. The molecule has 2 rings (SSSR count). The van der Waals surface area contributed by atoms with Gasteiger partial charge in [-0.15, -0.1) is 11.3 Å². The highest BCUT2D eigenvalue weighted by Gasteiger charge is 2.20. The molecule has 102 valence electrons. The summed E-state index contributed by atoms with van der Waals surface area (Å²) in [6, 6.07) is 2.37. The van der Waals surface area contributed by atoms with Crippen molar-refractivity contribution >= 4 is 22.1 Å². The van der Waals surface area contributed by atoms with Gasteiger partial charge in [0, 0.05) is 51.7 Å². The van der Waals surface area contributed by atoms with Crippen molar-refractivity contribution < 1.29 is 4.21 Å². The molecule has 0 spiro atoms. The molecule has 0 amide bonds. The molecular weight excluding hydrogens is 262 g/mol. The van der Waals surface area contributed by atoms with Crippen LogP contribution in [0.1, 0.15) is 36.1 Å². The van der Waals surface area contributed by atoms with Crippen LogP contribution in [0.5, 0.6) is 0 Å². The number of nitrogens with zero attached hydrogens (tertiary/aromatic N) is 1. The summed E-state index contributed by atoms with van der Waals surface area (Å²) in [7, 11) is -0.572. The molecule has 0 aromatic carbocycles. The first-order valence-electron chi connectivity index (χ1n) is 6.53. The van der Waals surface area contributed by atoms with E-state index in [1.807, 2.05) is 11.3 Å². The van der Waals surface area contributed by atoms with E-state index in [0.717, 1.165) is 31.1 Å². The highest BCUT2D eigenvalue weighted by Crippen LogP contribution is 2.32. The van der Waals surface area contributed by atoms with Crippen LogP contribution >= 0.6 is 11.3 Å². The van der Waals surface area contributed by atoms with E-state index in [0.29, 0.717) is 0 Å². The molecule has 2 nitrogen and oxygen atoms in total. The first-order valence-corrected chi connectivity index (χ1v) is 8.84. The Kier molecular flexibility index (Phi) is 4.29. The molecule has 0 radical (unpaired) electrons. The van der Waals surface area contributed by atoms with Crippen LogP contribution in [0.3, 0.4) is 0 Å². The SMILES string of the molecule is Cc1sc(C(C)(C)C)cc1CN1CCS(=O)CC1. The van der Waals surface area contributed by atoms with Gasteiger partial charge in [0.15, 0.2) is 0 Å². The van der Waals surface area contributed by atoms with Crippen molar-refractivity contribution in [1.82, 2.24) is 4.90 Å². The summed E-state index contributed by atoms with van der Waals surface area (Å²) in [6.45, 7) is 12.0. The van der Waals surface area contributed by atoms with Crippen molar-refractivity contribution in [3.05, 3.63) is 21.4 Å². The van der Waals surface area contributed by atoms with Crippen molar-refractivity contribution in [1.29, 1.82) is 0 Å². The topological polar surface area (TPSA) is 20.3 Å². The first kappa shape index (κ1) is 14.2. The summed E-state index contributed by atoms with van der Waals surface area (Å²) in [4.78, 5) is 5.34. The Morgan fingerprint density at radius 1 is 1.33 bits per heavy atom. The van der Waals surface area contributed by atoms with Gasteiger partial charge in [-0.1, -0.05) is 20.8 Å². The van der Waals surface area contributed by atoms with Crippen LogP contribution in [0.4, 0.5) is 0 Å². The molecule has 0 N–H and O–H groups in total. The summed E-state index contributed by atoms with van der Waals surface area (Å²) < 4.78 is 11.4. The number of aryl methyl sites for hydroxylation is 1. The van der Waals surface area contributed by atoms with Crippen molar-refractivity contribution in [2.45, 2.75) is 39.7 Å². The zero-order valence-corrected chi connectivity index (χ0v) is 13.4. The Morgan fingerprint density at radius 3 is 2.44 bits per heavy atom. The molecule has 1 aromatic rings. The van der Waals surface area contributed by atoms with Gasteiger partial charge in [0.05, 0.1) is 0 Å². The number of rotatable bonds is 2. The van der Waals surface area contributed by atoms with Gasteiger partial charge in [-0.2, -0.15) is 0 Å². The maximum atomic E-state index is 11.4. The predicted octanol–water partition coefficient (Wildman–Crippen LogP) is 2.92. The third-order valence-electron chi connectivity index (χ3n) is 3.42. The molecule has 0 unspecified atom stereocenters. The highest BCUT2D eigenvalue weighted by atomic mass is 32.2. The monoisotopic (exact) mass is 285 g/mol. The summed E-state index contributed by atoms with van der Waals surface area (Å²) in [6.07, 6.45) is 0. The lowest BCUT2D eigenvalue weighted by atomic mass is 9.94. The van der Waals surface area contributed by atoms with E-state index in [2.05, 4.69) is 38.7 Å². The second-order valence-electron chi connectivity index (χ2n) is 6.07. The molecule has 18 heavy (non-hydrogen) atoms. The molecule has 2 heterocycles. The van der Waals surface area contributed by atoms with E-state index in [-0.39, 0.29) is 5.41 Å². The second-order valence-corrected chi connectivity index (χ2v) is 9.02. The molecule has 1 aliphatic heterocycles. The van der Waals surface area contributed by atoms with Crippen molar-refractivity contribution in [3.63, 3.8) is 0 Å². The summed E-state index contributed by atoms with van der Waals surface area (Å²) in [5.41, 5.74) is 1.70. The van der Waals surface area contributed by atoms with Crippen LogP contribution in [0, 0.1) is 6.92 Å². The molecule has 1 aliphatic rings. The normalized spacial score (nSPS) is 19.3. The van der Waals surface area contributed by atoms with Crippen molar-refractivity contribution in [3.8, 4) is 0 Å². The van der Waals surface area contributed by atoms with Crippen LogP contribution in [0.15, 0.2) is 6.07 Å². The van der Waals surface area contributed by atoms with Crippen LogP contribution in [-0.2, 0) is 22.8 Å². The lowest BCUT2D eigenvalue weighted by Crippen LogP contribution is -2.37. The largest absolute Gasteiger partial charge is 0.297 e. The van der Waals surface area contributed by atoms with E-state index in [1.165, 1.54) is 15.3 Å². The average Bonchev–Trinajstić information content (AvgIpc) is 2.63. The third kappa shape index (κ3) is 3.43. The third-order valence-corrected chi connectivity index (χ3v) is 6.22. The minimum atomic E-state index is -0.572. The maximum absolute atomic E-state index is 11.4. The van der Waals surface area contributed by atoms with Gasteiger partial charge in [0.2, 0.25) is 0 Å². The zero-order chi connectivity index (χ0) is 13.3. The van der Waals surface area contributed by atoms with Gasteiger partial charge >= 0.3 is 0 Å². The summed E-state index contributed by atoms with van der Waals surface area (Å²) in [5.74, 6) is 1.69. The minimum Gasteiger partial charge on any atom is -0.297 e. The standard InChI is InChI=1S/C14H23NOS2/c1-11-12(9-13(17-11)14(2,3)4)10-15-5-7-18(16)8-6-15/h9H,5-8,10H2,1-4H3. The fourth-order valence-electron chi connectivity index (χ4n) is 2.12. The second kappa shape index (κ2) is 5.43. The van der Waals surface area contributed by atoms with Gasteiger partial charge in [-0.25, -0.2) is 0 Å². The van der Waals surface area contributed by atoms with Crippen LogP contribution in [-0.4, -0.2) is 33.7 Å². The molecule has 1 fully saturated rings. The van der Waals surface area contributed by atoms with Crippen LogP contribution in [0.2, 0.25) is 0 Å². The van der Waals surface area contributed by atoms with Gasteiger partial charge in [0.1, 0.15) is 0 Å². The summed E-state index contributed by atoms with van der Waals surface area (Å²) in [5, 5.41) is 0. The van der Waals surface area contributed by atoms with E-state index >= 15 is 0 Å². The zero-order valence-electron chi connectivity index (χ0n) is 11.8. The first-order chi connectivity index (χ1) is 8.36. The Balaban J connectivity index is 2.05. The Bertz CT molecular complexity index is 435. The molecule has 0 saturated carbocycles. The Labute approximate surface area is 117 Å². The quantitative estimate of drug-likeness (QED) is 0.833. The molecule has 1 aromatic heterocycles. The van der Waals surface area contributed by atoms with E-state index in [4.69, 9.17) is 0 Å². The Morgan fingerprint density at radius 2 is 1.94 bits per heavy atom. The average molecular weight is 285 g/mol. The molecule has 1 saturated heterocycles. The van der Waals surface area contributed by atoms with Gasteiger partial charge in [-0.3, -0.25) is 9.11 Å². The molecular formula is C14H23NOS2. The van der Waals surface area contributed by atoms with Gasteiger partial charge < -0.3 is 0 Å². The van der Waals surface area contributed by atoms with Crippen molar-refractivity contribution in [2.24, 2.45) is 0 Å². The van der Waals surface area contributed by atoms with E-state index in [1.54, 1.807) is 0 Å². The van der Waals surface area contributed by atoms with Crippen LogP contribution in [0.25, 0.3) is 0 Å². The fraction of sp³-hybridized carbons (Fsp3) is 0.714. The maximum Gasteiger partial charge on any atom is 0.0363 e. The molecule has 0 aliphatic carbocycles. The number of thiophene rings is 1. The molecule has 4 heteroatoms. The lowest BCUT2D eigenvalue weighted by Gasteiger charge is -2.26. The fourth-order valence-corrected chi connectivity index (χ4v) is 4.34. The Hall–Kier alpha value is -0.190. The lowest BCUT2D eigenvalue weighted by molar-refractivity contribution is 0.291. The molecule has 0 atom stereocenters. The summed E-state index contributed by atoms with van der Waals surface area (Å²) >= 11 is 1.92. The van der Waals surface area contributed by atoms with Crippen molar-refractivity contribution in [2.75, 3.05) is 24.6 Å². The minimum absolute atomic E-state index is 0.247. The number of hydrogen-bond acceptors (Lipinski definition) is 3. The van der Waals surface area contributed by atoms with E-state index in [9.17, 15) is 4.21 Å². The smallest absolute Gasteiger partial charge is 0.0363 e.